The molecule has 0 aliphatic heterocycles. The molecule has 1 amide bonds. The van der Waals surface area contributed by atoms with Crippen molar-refractivity contribution in [1.82, 2.24) is 24.5 Å². The molecule has 5 aromatic rings. The maximum Gasteiger partial charge on any atom is 0.270 e. The third-order valence-corrected chi connectivity index (χ3v) is 6.55. The fourth-order valence-corrected chi connectivity index (χ4v) is 4.48. The number of benzene rings is 2. The average molecular weight is 538 g/mol. The standard InChI is InChI=1S/C25H22BrClN6O/c1-32(25(34)22-13-16-7-2-5-10-20(16)30-22)12-6-11-28-23-14-21(17-8-3-4-9-19(17)27)31-24-18(26)15-29-33(23)24/h2-5,7-10,13-15,28,30H,6,11-12H2,1H3. The summed E-state index contributed by atoms with van der Waals surface area (Å²) >= 11 is 9.93. The SMILES string of the molecule is CN(CCCNc1cc(-c2ccccc2Cl)nc2c(Br)cnn12)C(=O)c1cc2ccccc2[nH]1. The van der Waals surface area contributed by atoms with Gasteiger partial charge in [0.05, 0.1) is 16.4 Å². The number of carbonyl (C=O) groups is 1. The number of aromatic nitrogens is 4. The van der Waals surface area contributed by atoms with Crippen LogP contribution in [0.2, 0.25) is 5.02 Å². The molecule has 9 heteroatoms. The van der Waals surface area contributed by atoms with E-state index < -0.39 is 0 Å². The van der Waals surface area contributed by atoms with Gasteiger partial charge in [-0.05, 0) is 40.5 Å². The number of rotatable bonds is 7. The van der Waals surface area contributed by atoms with Gasteiger partial charge in [0.15, 0.2) is 5.65 Å². The smallest absolute Gasteiger partial charge is 0.270 e. The molecule has 0 spiro atoms. The summed E-state index contributed by atoms with van der Waals surface area (Å²) in [5, 5.41) is 9.52. The second-order valence-electron chi connectivity index (χ2n) is 8.01. The van der Waals surface area contributed by atoms with Gasteiger partial charge in [0.1, 0.15) is 11.5 Å². The second kappa shape index (κ2) is 9.48. The Balaban J connectivity index is 1.27. The van der Waals surface area contributed by atoms with Crippen LogP contribution in [0.3, 0.4) is 0 Å². The Labute approximate surface area is 209 Å². The number of aromatic amines is 1. The Hall–Kier alpha value is -3.36. The lowest BCUT2D eigenvalue weighted by atomic mass is 10.1. The number of para-hydroxylation sites is 1. The minimum absolute atomic E-state index is 0.0282. The van der Waals surface area contributed by atoms with Crippen molar-refractivity contribution >= 4 is 55.8 Å². The summed E-state index contributed by atoms with van der Waals surface area (Å²) in [5.74, 6) is 0.773. The van der Waals surface area contributed by atoms with Gasteiger partial charge in [-0.3, -0.25) is 4.79 Å². The Morgan fingerprint density at radius 1 is 1.18 bits per heavy atom. The number of hydrogen-bond donors (Lipinski definition) is 2. The van der Waals surface area contributed by atoms with Gasteiger partial charge in [-0.25, -0.2) is 4.98 Å². The monoisotopic (exact) mass is 536 g/mol. The maximum atomic E-state index is 12.8. The van der Waals surface area contributed by atoms with Gasteiger partial charge in [-0.2, -0.15) is 9.61 Å². The zero-order valence-electron chi connectivity index (χ0n) is 18.4. The van der Waals surface area contributed by atoms with E-state index >= 15 is 0 Å². The summed E-state index contributed by atoms with van der Waals surface area (Å²) in [7, 11) is 1.82. The van der Waals surface area contributed by atoms with Gasteiger partial charge in [0, 0.05) is 47.7 Å². The van der Waals surface area contributed by atoms with Crippen molar-refractivity contribution < 1.29 is 4.79 Å². The van der Waals surface area contributed by atoms with Crippen molar-refractivity contribution in [2.45, 2.75) is 6.42 Å². The van der Waals surface area contributed by atoms with Crippen molar-refractivity contribution in [3.63, 3.8) is 0 Å². The van der Waals surface area contributed by atoms with E-state index in [1.165, 1.54) is 0 Å². The van der Waals surface area contributed by atoms with Crippen LogP contribution in [0.15, 0.2) is 71.3 Å². The van der Waals surface area contributed by atoms with Gasteiger partial charge in [0.25, 0.3) is 5.91 Å². The van der Waals surface area contributed by atoms with E-state index in [0.29, 0.717) is 29.5 Å². The molecule has 0 saturated carbocycles. The molecule has 0 saturated heterocycles. The van der Waals surface area contributed by atoms with E-state index in [2.05, 4.69) is 31.3 Å². The van der Waals surface area contributed by atoms with Crippen LogP contribution in [0.25, 0.3) is 27.8 Å². The lowest BCUT2D eigenvalue weighted by molar-refractivity contribution is 0.0790. The number of halogens is 2. The predicted molar refractivity (Wildman–Crippen MR) is 139 cm³/mol. The van der Waals surface area contributed by atoms with E-state index in [9.17, 15) is 4.79 Å². The van der Waals surface area contributed by atoms with Crippen LogP contribution in [-0.2, 0) is 0 Å². The molecule has 0 atom stereocenters. The highest BCUT2D eigenvalue weighted by molar-refractivity contribution is 9.10. The van der Waals surface area contributed by atoms with Gasteiger partial charge in [-0.1, -0.05) is 48.0 Å². The third-order valence-electron chi connectivity index (χ3n) is 5.66. The highest BCUT2D eigenvalue weighted by Crippen LogP contribution is 2.30. The molecule has 0 radical (unpaired) electrons. The molecule has 0 unspecified atom stereocenters. The summed E-state index contributed by atoms with van der Waals surface area (Å²) in [6, 6.07) is 19.3. The number of nitrogens with one attached hydrogen (secondary N) is 2. The number of fused-ring (bicyclic) bond motifs is 2. The van der Waals surface area contributed by atoms with Crippen LogP contribution in [0, 0.1) is 0 Å². The van der Waals surface area contributed by atoms with E-state index in [0.717, 1.165) is 38.9 Å². The van der Waals surface area contributed by atoms with Gasteiger partial charge < -0.3 is 15.2 Å². The van der Waals surface area contributed by atoms with Crippen LogP contribution in [0.5, 0.6) is 0 Å². The number of nitrogens with zero attached hydrogens (tertiary/aromatic N) is 4. The van der Waals surface area contributed by atoms with E-state index in [-0.39, 0.29) is 5.91 Å². The lowest BCUT2D eigenvalue weighted by Gasteiger charge is -2.17. The van der Waals surface area contributed by atoms with E-state index in [1.807, 2.05) is 67.7 Å². The zero-order chi connectivity index (χ0) is 23.7. The normalized spacial score (nSPS) is 11.3. The first-order valence-electron chi connectivity index (χ1n) is 10.9. The van der Waals surface area contributed by atoms with Gasteiger partial charge >= 0.3 is 0 Å². The summed E-state index contributed by atoms with van der Waals surface area (Å²) in [5.41, 5.74) is 3.87. The van der Waals surface area contributed by atoms with Crippen LogP contribution >= 0.6 is 27.5 Å². The van der Waals surface area contributed by atoms with Crippen LogP contribution in [-0.4, -0.2) is 50.5 Å². The summed E-state index contributed by atoms with van der Waals surface area (Å²) in [4.78, 5) is 22.5. The Bertz CT molecular complexity index is 1460. The molecule has 3 aromatic heterocycles. The summed E-state index contributed by atoms with van der Waals surface area (Å²) < 4.78 is 2.55. The number of carbonyl (C=O) groups excluding carboxylic acids is 1. The number of hydrogen-bond acceptors (Lipinski definition) is 4. The minimum Gasteiger partial charge on any atom is -0.370 e. The third kappa shape index (κ3) is 4.38. The summed E-state index contributed by atoms with van der Waals surface area (Å²) in [6.07, 6.45) is 2.48. The Morgan fingerprint density at radius 2 is 1.97 bits per heavy atom. The number of amides is 1. The quantitative estimate of drug-likeness (QED) is 0.255. The highest BCUT2D eigenvalue weighted by atomic mass is 79.9. The molecule has 0 aliphatic carbocycles. The second-order valence-corrected chi connectivity index (χ2v) is 9.27. The average Bonchev–Trinajstić information content (AvgIpc) is 3.45. The Morgan fingerprint density at radius 3 is 2.79 bits per heavy atom. The largest absolute Gasteiger partial charge is 0.370 e. The molecule has 5 rings (SSSR count). The van der Waals surface area contributed by atoms with Crippen molar-refractivity contribution in [1.29, 1.82) is 0 Å². The molecular formula is C25H22BrClN6O. The first-order valence-corrected chi connectivity index (χ1v) is 12.0. The molecular weight excluding hydrogens is 516 g/mol. The molecule has 34 heavy (non-hydrogen) atoms. The van der Waals surface area contributed by atoms with Crippen LogP contribution in [0.1, 0.15) is 16.9 Å². The topological polar surface area (TPSA) is 78.3 Å². The van der Waals surface area contributed by atoms with Crippen molar-refractivity contribution in [3.05, 3.63) is 82.0 Å². The minimum atomic E-state index is -0.0282. The van der Waals surface area contributed by atoms with Crippen LogP contribution in [0.4, 0.5) is 5.82 Å². The molecule has 0 bridgehead atoms. The van der Waals surface area contributed by atoms with Crippen molar-refractivity contribution in [3.8, 4) is 11.3 Å². The van der Waals surface area contributed by atoms with E-state index in [1.54, 1.807) is 15.6 Å². The maximum absolute atomic E-state index is 12.8. The van der Waals surface area contributed by atoms with Crippen molar-refractivity contribution in [2.75, 3.05) is 25.5 Å². The number of H-pyrrole nitrogens is 1. The molecule has 0 fully saturated rings. The predicted octanol–water partition coefficient (Wildman–Crippen LogP) is 5.87. The van der Waals surface area contributed by atoms with Gasteiger partial charge in [-0.15, -0.1) is 0 Å². The van der Waals surface area contributed by atoms with E-state index in [4.69, 9.17) is 16.6 Å². The molecule has 7 nitrogen and oxygen atoms in total. The van der Waals surface area contributed by atoms with Crippen molar-refractivity contribution in [2.24, 2.45) is 0 Å². The molecule has 0 aliphatic rings. The van der Waals surface area contributed by atoms with Gasteiger partial charge in [0.2, 0.25) is 0 Å². The fourth-order valence-electron chi connectivity index (χ4n) is 3.90. The molecule has 172 valence electrons. The zero-order valence-corrected chi connectivity index (χ0v) is 20.8. The first-order chi connectivity index (χ1) is 16.5. The first kappa shape index (κ1) is 22.4. The lowest BCUT2D eigenvalue weighted by Crippen LogP contribution is -2.29. The fraction of sp³-hybridized carbons (Fsp3) is 0.160. The summed E-state index contributed by atoms with van der Waals surface area (Å²) in [6.45, 7) is 1.26. The Kier molecular flexibility index (Phi) is 6.26. The highest BCUT2D eigenvalue weighted by Gasteiger charge is 2.15. The number of anilines is 1. The molecule has 2 aromatic carbocycles. The molecule has 2 N–H and O–H groups in total. The van der Waals surface area contributed by atoms with Crippen LogP contribution < -0.4 is 5.32 Å². The molecule has 3 heterocycles.